The highest BCUT2D eigenvalue weighted by molar-refractivity contribution is 5.62. The van der Waals surface area contributed by atoms with Crippen LogP contribution in [-0.2, 0) is 0 Å². The Labute approximate surface area is 80.4 Å². The first-order valence-electron chi connectivity index (χ1n) is 4.09. The van der Waals surface area contributed by atoms with Crippen molar-refractivity contribution in [1.29, 1.82) is 0 Å². The molecule has 0 aliphatic heterocycles. The summed E-state index contributed by atoms with van der Waals surface area (Å²) in [5.41, 5.74) is 6.75. The highest BCUT2D eigenvalue weighted by atomic mass is 19.1. The molecule has 0 aliphatic rings. The first kappa shape index (κ1) is 8.62. The van der Waals surface area contributed by atoms with E-state index in [1.54, 1.807) is 18.5 Å². The highest BCUT2D eigenvalue weighted by Crippen LogP contribution is 2.19. The van der Waals surface area contributed by atoms with Crippen LogP contribution in [0.15, 0.2) is 36.8 Å². The molecule has 0 aliphatic carbocycles. The third-order valence-electron chi connectivity index (χ3n) is 1.86. The van der Waals surface area contributed by atoms with E-state index in [0.29, 0.717) is 5.56 Å². The van der Waals surface area contributed by atoms with Gasteiger partial charge in [-0.2, -0.15) is 0 Å². The Morgan fingerprint density at radius 2 is 2.07 bits per heavy atom. The summed E-state index contributed by atoms with van der Waals surface area (Å²) in [7, 11) is 0. The third kappa shape index (κ3) is 1.54. The summed E-state index contributed by atoms with van der Waals surface area (Å²) in [6, 6.07) is 4.96. The largest absolute Gasteiger partial charge is 0.381 e. The van der Waals surface area contributed by atoms with Crippen LogP contribution in [0.3, 0.4) is 0 Å². The lowest BCUT2D eigenvalue weighted by molar-refractivity contribution is 0.628. The Morgan fingerprint density at radius 1 is 1.21 bits per heavy atom. The number of aromatic nitrogens is 2. The second kappa shape index (κ2) is 3.41. The van der Waals surface area contributed by atoms with E-state index in [1.165, 1.54) is 12.3 Å². The Balaban J connectivity index is 2.48. The molecule has 0 amide bonds. The standard InChI is InChI=1S/C10H8FN3/c11-9-4-8(6-14-10(9)12)7-2-1-3-13-5-7/h1-6H,(H2,12,14). The number of nitrogen functional groups attached to an aromatic ring is 1. The molecule has 2 aromatic rings. The van der Waals surface area contributed by atoms with Crippen LogP contribution in [0, 0.1) is 5.82 Å². The highest BCUT2D eigenvalue weighted by Gasteiger charge is 2.02. The molecule has 0 saturated carbocycles. The summed E-state index contributed by atoms with van der Waals surface area (Å²) in [4.78, 5) is 7.66. The van der Waals surface area contributed by atoms with E-state index in [0.717, 1.165) is 5.56 Å². The van der Waals surface area contributed by atoms with Gasteiger partial charge >= 0.3 is 0 Å². The first-order chi connectivity index (χ1) is 6.77. The Bertz CT molecular complexity index is 442. The van der Waals surface area contributed by atoms with Crippen LogP contribution in [0.1, 0.15) is 0 Å². The topological polar surface area (TPSA) is 51.8 Å². The summed E-state index contributed by atoms with van der Waals surface area (Å²) in [5.74, 6) is -0.594. The summed E-state index contributed by atoms with van der Waals surface area (Å²) in [6.45, 7) is 0. The van der Waals surface area contributed by atoms with Gasteiger partial charge < -0.3 is 5.73 Å². The fourth-order valence-corrected chi connectivity index (χ4v) is 1.14. The van der Waals surface area contributed by atoms with Gasteiger partial charge in [0.05, 0.1) is 0 Å². The van der Waals surface area contributed by atoms with Crippen molar-refractivity contribution < 1.29 is 4.39 Å². The van der Waals surface area contributed by atoms with Gasteiger partial charge in [-0.3, -0.25) is 4.98 Å². The number of hydrogen-bond acceptors (Lipinski definition) is 3. The van der Waals surface area contributed by atoms with Crippen molar-refractivity contribution >= 4 is 5.82 Å². The molecular formula is C10H8FN3. The maximum atomic E-state index is 13.1. The zero-order valence-corrected chi connectivity index (χ0v) is 7.31. The molecule has 0 fully saturated rings. The molecule has 4 heteroatoms. The van der Waals surface area contributed by atoms with Gasteiger partial charge in [-0.1, -0.05) is 6.07 Å². The van der Waals surface area contributed by atoms with Gasteiger partial charge in [0.2, 0.25) is 0 Å². The predicted octanol–water partition coefficient (Wildman–Crippen LogP) is 1.86. The van der Waals surface area contributed by atoms with Gasteiger partial charge in [0.25, 0.3) is 0 Å². The number of anilines is 1. The molecule has 0 aromatic carbocycles. The van der Waals surface area contributed by atoms with Crippen molar-refractivity contribution in [1.82, 2.24) is 9.97 Å². The Kier molecular flexibility index (Phi) is 2.10. The van der Waals surface area contributed by atoms with Gasteiger partial charge in [0, 0.05) is 29.7 Å². The molecule has 0 unspecified atom stereocenters. The average Bonchev–Trinajstić information content (AvgIpc) is 2.23. The molecular weight excluding hydrogens is 181 g/mol. The van der Waals surface area contributed by atoms with Crippen molar-refractivity contribution in [2.45, 2.75) is 0 Å². The van der Waals surface area contributed by atoms with Crippen LogP contribution < -0.4 is 5.73 Å². The number of rotatable bonds is 1. The Morgan fingerprint density at radius 3 is 2.71 bits per heavy atom. The van der Waals surface area contributed by atoms with Crippen LogP contribution in [0.25, 0.3) is 11.1 Å². The number of hydrogen-bond donors (Lipinski definition) is 1. The summed E-state index contributed by atoms with van der Waals surface area (Å²) < 4.78 is 13.1. The minimum absolute atomic E-state index is 0.0855. The number of nitrogens with two attached hydrogens (primary N) is 1. The molecule has 0 spiro atoms. The molecule has 0 bridgehead atoms. The van der Waals surface area contributed by atoms with E-state index in [-0.39, 0.29) is 5.82 Å². The van der Waals surface area contributed by atoms with Crippen LogP contribution in [-0.4, -0.2) is 9.97 Å². The second-order valence-corrected chi connectivity index (χ2v) is 2.83. The van der Waals surface area contributed by atoms with Crippen LogP contribution in [0.4, 0.5) is 10.2 Å². The predicted molar refractivity (Wildman–Crippen MR) is 51.8 cm³/mol. The minimum Gasteiger partial charge on any atom is -0.381 e. The van der Waals surface area contributed by atoms with E-state index in [1.807, 2.05) is 6.07 Å². The van der Waals surface area contributed by atoms with Gasteiger partial charge in [-0.25, -0.2) is 9.37 Å². The fourth-order valence-electron chi connectivity index (χ4n) is 1.14. The number of halogens is 1. The van der Waals surface area contributed by atoms with Gasteiger partial charge in [0.15, 0.2) is 11.6 Å². The van der Waals surface area contributed by atoms with E-state index in [4.69, 9.17) is 5.73 Å². The second-order valence-electron chi connectivity index (χ2n) is 2.83. The van der Waals surface area contributed by atoms with E-state index < -0.39 is 5.82 Å². The molecule has 2 heterocycles. The van der Waals surface area contributed by atoms with Crippen molar-refractivity contribution in [3.63, 3.8) is 0 Å². The number of pyridine rings is 2. The lowest BCUT2D eigenvalue weighted by atomic mass is 10.1. The van der Waals surface area contributed by atoms with Gasteiger partial charge in [-0.05, 0) is 12.1 Å². The van der Waals surface area contributed by atoms with Crippen molar-refractivity contribution in [3.05, 3.63) is 42.6 Å². The Hall–Kier alpha value is -1.97. The molecule has 0 atom stereocenters. The van der Waals surface area contributed by atoms with Crippen LogP contribution in [0.5, 0.6) is 0 Å². The van der Waals surface area contributed by atoms with Gasteiger partial charge in [0.1, 0.15) is 0 Å². The lowest BCUT2D eigenvalue weighted by Gasteiger charge is -2.01. The van der Waals surface area contributed by atoms with E-state index in [2.05, 4.69) is 9.97 Å². The molecule has 0 radical (unpaired) electrons. The monoisotopic (exact) mass is 189 g/mol. The quantitative estimate of drug-likeness (QED) is 0.744. The average molecular weight is 189 g/mol. The molecule has 14 heavy (non-hydrogen) atoms. The first-order valence-corrected chi connectivity index (χ1v) is 4.09. The molecule has 3 nitrogen and oxygen atoms in total. The van der Waals surface area contributed by atoms with Crippen molar-refractivity contribution in [2.75, 3.05) is 5.73 Å². The zero-order chi connectivity index (χ0) is 9.97. The summed E-state index contributed by atoms with van der Waals surface area (Å²) in [6.07, 6.45) is 4.83. The normalized spacial score (nSPS) is 10.1. The number of nitrogens with zero attached hydrogens (tertiary/aromatic N) is 2. The van der Waals surface area contributed by atoms with Crippen LogP contribution in [0.2, 0.25) is 0 Å². The lowest BCUT2D eigenvalue weighted by Crippen LogP contribution is -1.94. The van der Waals surface area contributed by atoms with Crippen molar-refractivity contribution in [2.24, 2.45) is 0 Å². The molecule has 0 saturated heterocycles. The SMILES string of the molecule is Nc1ncc(-c2cccnc2)cc1F. The summed E-state index contributed by atoms with van der Waals surface area (Å²) >= 11 is 0. The maximum absolute atomic E-state index is 13.1. The van der Waals surface area contributed by atoms with Crippen LogP contribution >= 0.6 is 0 Å². The third-order valence-corrected chi connectivity index (χ3v) is 1.86. The minimum atomic E-state index is -0.508. The summed E-state index contributed by atoms with van der Waals surface area (Å²) in [5, 5.41) is 0. The smallest absolute Gasteiger partial charge is 0.165 e. The maximum Gasteiger partial charge on any atom is 0.165 e. The van der Waals surface area contributed by atoms with E-state index >= 15 is 0 Å². The molecule has 2 rings (SSSR count). The molecule has 70 valence electrons. The van der Waals surface area contributed by atoms with Gasteiger partial charge in [-0.15, -0.1) is 0 Å². The van der Waals surface area contributed by atoms with E-state index in [9.17, 15) is 4.39 Å². The molecule has 2 N–H and O–H groups in total. The fraction of sp³-hybridized carbons (Fsp3) is 0. The van der Waals surface area contributed by atoms with Crippen molar-refractivity contribution in [3.8, 4) is 11.1 Å². The zero-order valence-electron chi connectivity index (χ0n) is 7.31. The molecule has 2 aromatic heterocycles.